The third-order valence-corrected chi connectivity index (χ3v) is 14.0. The number of ether oxygens (including phenoxy) is 9. The molecule has 19 atom stereocenters. The second-order valence-electron chi connectivity index (χ2n) is 17.4. The molecule has 290 valence electrons. The van der Waals surface area contributed by atoms with E-state index in [1.165, 1.54) is 0 Å². The molecule has 0 aliphatic carbocycles. The smallest absolute Gasteiger partial charge is 0.172 e. The van der Waals surface area contributed by atoms with E-state index < -0.39 is 18.0 Å². The van der Waals surface area contributed by atoms with Crippen molar-refractivity contribution in [1.82, 2.24) is 0 Å². The summed E-state index contributed by atoms with van der Waals surface area (Å²) in [4.78, 5) is 14.1. The third-order valence-electron chi connectivity index (χ3n) is 14.0. The average Bonchev–Trinajstić information content (AvgIpc) is 3.79. The molecule has 0 aromatic rings. The first-order valence-corrected chi connectivity index (χ1v) is 20.2. The van der Waals surface area contributed by atoms with Gasteiger partial charge in [-0.1, -0.05) is 20.1 Å². The Balaban J connectivity index is 0.994. The number of nitrogens with two attached hydrogens (primary N) is 1. The zero-order chi connectivity index (χ0) is 35.9. The summed E-state index contributed by atoms with van der Waals surface area (Å²) >= 11 is 0. The summed E-state index contributed by atoms with van der Waals surface area (Å²) in [7, 11) is 1.66. The van der Waals surface area contributed by atoms with Crippen molar-refractivity contribution in [2.75, 3.05) is 13.7 Å². The highest BCUT2D eigenvalue weighted by molar-refractivity contribution is 5.79. The monoisotopic (exact) mass is 729 g/mol. The van der Waals surface area contributed by atoms with Crippen LogP contribution in [-0.4, -0.2) is 128 Å². The van der Waals surface area contributed by atoms with Gasteiger partial charge in [0, 0.05) is 58.1 Å². The van der Waals surface area contributed by atoms with Crippen LogP contribution in [0.1, 0.15) is 90.4 Å². The Labute approximate surface area is 307 Å². The Morgan fingerprint density at radius 2 is 1.56 bits per heavy atom. The molecule has 10 aliphatic rings. The van der Waals surface area contributed by atoms with Gasteiger partial charge in [0.15, 0.2) is 5.79 Å². The van der Waals surface area contributed by atoms with Gasteiger partial charge in [-0.05, 0) is 62.0 Å². The number of fused-ring (bicyclic) bond motifs is 6. The molecule has 1 spiro atoms. The summed E-state index contributed by atoms with van der Waals surface area (Å²) in [6, 6.07) is 0. The van der Waals surface area contributed by atoms with E-state index in [-0.39, 0.29) is 122 Å². The lowest BCUT2D eigenvalue weighted by Crippen LogP contribution is -2.61. The van der Waals surface area contributed by atoms with Crippen molar-refractivity contribution in [3.63, 3.8) is 0 Å². The second-order valence-corrected chi connectivity index (χ2v) is 17.4. The van der Waals surface area contributed by atoms with E-state index in [1.807, 2.05) is 0 Å². The van der Waals surface area contributed by atoms with Crippen LogP contribution in [0, 0.1) is 11.8 Å². The van der Waals surface area contributed by atoms with E-state index in [0.717, 1.165) is 56.1 Å². The van der Waals surface area contributed by atoms with Gasteiger partial charge in [-0.2, -0.15) is 0 Å². The van der Waals surface area contributed by atoms with Crippen molar-refractivity contribution >= 4 is 5.78 Å². The molecule has 3 N–H and O–H groups in total. The average molecular weight is 730 g/mol. The first-order chi connectivity index (χ1) is 25.1. The number of rotatable bonds is 4. The van der Waals surface area contributed by atoms with Crippen LogP contribution in [0.25, 0.3) is 0 Å². The Kier molecular flexibility index (Phi) is 10.0. The molecular formula is C40H59NO11. The lowest BCUT2D eigenvalue weighted by atomic mass is 9.81. The Morgan fingerprint density at radius 1 is 0.808 bits per heavy atom. The minimum Gasteiger partial charge on any atom is -0.392 e. The van der Waals surface area contributed by atoms with E-state index in [2.05, 4.69) is 20.1 Å². The highest BCUT2D eigenvalue weighted by Gasteiger charge is 2.68. The molecule has 10 rings (SSSR count). The molecule has 4 unspecified atom stereocenters. The normalized spacial score (nSPS) is 52.4. The molecule has 0 aromatic carbocycles. The van der Waals surface area contributed by atoms with Crippen LogP contribution >= 0.6 is 0 Å². The number of carbonyl (C=O) groups is 1. The van der Waals surface area contributed by atoms with Crippen LogP contribution in [0.2, 0.25) is 0 Å². The van der Waals surface area contributed by atoms with E-state index in [4.69, 9.17) is 48.4 Å². The maximum atomic E-state index is 14.1. The van der Waals surface area contributed by atoms with Crippen LogP contribution < -0.4 is 5.73 Å². The van der Waals surface area contributed by atoms with E-state index in [0.29, 0.717) is 25.7 Å². The van der Waals surface area contributed by atoms with Crippen LogP contribution in [-0.2, 0) is 47.4 Å². The van der Waals surface area contributed by atoms with E-state index >= 15 is 0 Å². The summed E-state index contributed by atoms with van der Waals surface area (Å²) in [5.41, 5.74) is 8.01. The highest BCUT2D eigenvalue weighted by Crippen LogP contribution is 2.54. The molecule has 0 radical (unpaired) electrons. The highest BCUT2D eigenvalue weighted by atomic mass is 16.8. The summed E-state index contributed by atoms with van der Waals surface area (Å²) in [6.45, 7) is 11.3. The minimum absolute atomic E-state index is 0.0158. The molecule has 12 heteroatoms. The molecule has 10 aliphatic heterocycles. The first-order valence-electron chi connectivity index (χ1n) is 20.2. The van der Waals surface area contributed by atoms with Crippen LogP contribution in [0.5, 0.6) is 0 Å². The molecular weight excluding hydrogens is 670 g/mol. The van der Waals surface area contributed by atoms with Gasteiger partial charge in [0.25, 0.3) is 0 Å². The van der Waals surface area contributed by atoms with Crippen molar-refractivity contribution in [3.8, 4) is 0 Å². The number of hydrogen-bond acceptors (Lipinski definition) is 12. The molecule has 12 nitrogen and oxygen atoms in total. The number of aliphatic hydroxyl groups is 1. The van der Waals surface area contributed by atoms with Gasteiger partial charge in [0.1, 0.15) is 36.3 Å². The Hall–Kier alpha value is -1.29. The van der Waals surface area contributed by atoms with E-state index in [9.17, 15) is 9.90 Å². The maximum absolute atomic E-state index is 14.1. The van der Waals surface area contributed by atoms with Gasteiger partial charge in [0.2, 0.25) is 0 Å². The zero-order valence-electron chi connectivity index (χ0n) is 30.8. The molecule has 10 heterocycles. The number of Topliss-reactive ketones (excluding diaryl/α,β-unsaturated/α-hetero) is 1. The standard InChI is InChI=1S/C40H59NO11/c1-19-11-24-5-7-28-20(2)12-26(45-28)9-10-40-17-33-36(51-40)37-38(50-33)39(52-40)35-29(49-37)8-6-25(47-35)13-22(42)14-27-31(16-30(46-24)21(19)3)48-32(34(27)44-4)15-23(43)18-41/h19,23-39,43H,2-3,5-18,41H2,1,4H3/t19-,23+,24+,25-,26+,27?,28?,29+,30?,31+,32-,33+,34-,35+,36+,37+,38?,39+,40+/m1/s1. The summed E-state index contributed by atoms with van der Waals surface area (Å²) < 4.78 is 60.0. The quantitative estimate of drug-likeness (QED) is 0.409. The van der Waals surface area contributed by atoms with Crippen molar-refractivity contribution in [2.45, 2.75) is 194 Å². The predicted octanol–water partition coefficient (Wildman–Crippen LogP) is 3.44. The first kappa shape index (κ1) is 36.4. The van der Waals surface area contributed by atoms with Gasteiger partial charge in [0.05, 0.1) is 67.1 Å². The minimum atomic E-state index is -0.780. The summed E-state index contributed by atoms with van der Waals surface area (Å²) in [6.07, 6.45) is 4.85. The molecule has 10 saturated heterocycles. The van der Waals surface area contributed by atoms with Crippen LogP contribution in [0.4, 0.5) is 0 Å². The van der Waals surface area contributed by atoms with Gasteiger partial charge in [-0.3, -0.25) is 4.79 Å². The van der Waals surface area contributed by atoms with Crippen molar-refractivity contribution in [2.24, 2.45) is 17.6 Å². The second kappa shape index (κ2) is 14.3. The van der Waals surface area contributed by atoms with Crippen LogP contribution in [0.15, 0.2) is 24.3 Å². The summed E-state index contributed by atoms with van der Waals surface area (Å²) in [5.74, 6) is -0.619. The van der Waals surface area contributed by atoms with Crippen molar-refractivity contribution < 1.29 is 52.5 Å². The molecule has 12 bridgehead atoms. The number of aliphatic hydroxyl groups excluding tert-OH is 1. The molecule has 10 fully saturated rings. The molecule has 52 heavy (non-hydrogen) atoms. The van der Waals surface area contributed by atoms with Gasteiger partial charge >= 0.3 is 0 Å². The van der Waals surface area contributed by atoms with Crippen LogP contribution in [0.3, 0.4) is 0 Å². The molecule has 0 aromatic heterocycles. The fraction of sp³-hybridized carbons (Fsp3) is 0.875. The maximum Gasteiger partial charge on any atom is 0.172 e. The predicted molar refractivity (Wildman–Crippen MR) is 186 cm³/mol. The van der Waals surface area contributed by atoms with Gasteiger partial charge < -0.3 is 53.5 Å². The number of carbonyl (C=O) groups excluding carboxylic acids is 1. The fourth-order valence-electron chi connectivity index (χ4n) is 11.3. The lowest BCUT2D eigenvalue weighted by Gasteiger charge is -2.47. The fourth-order valence-corrected chi connectivity index (χ4v) is 11.3. The SMILES string of the molecule is C=C1C[C@@H]2CC[C@@]34C[C@@H]5OC6[C@@H](O[C@H]7CC[C@H](CC(=O)CC8[C@H](CC9O[C@@H](CCC1O2)C[C@@H](C)C9=C)O[C@H](C[C@H](O)CN)[C@@H]8OC)O[C@@H]7[C@@H]6O3)[C@H]5O4. The Bertz CT molecular complexity index is 1380. The molecule has 0 amide bonds. The topological polar surface area (TPSA) is 146 Å². The number of ketones is 1. The van der Waals surface area contributed by atoms with E-state index in [1.54, 1.807) is 7.11 Å². The third kappa shape index (κ3) is 6.59. The van der Waals surface area contributed by atoms with Gasteiger partial charge in [-0.25, -0.2) is 0 Å². The Morgan fingerprint density at radius 3 is 2.38 bits per heavy atom. The molecule has 0 saturated carbocycles. The van der Waals surface area contributed by atoms with Gasteiger partial charge in [-0.15, -0.1) is 0 Å². The van der Waals surface area contributed by atoms with Crippen molar-refractivity contribution in [1.29, 1.82) is 0 Å². The zero-order valence-corrected chi connectivity index (χ0v) is 30.8. The number of methoxy groups -OCH3 is 1. The largest absolute Gasteiger partial charge is 0.392 e. The number of hydrogen-bond donors (Lipinski definition) is 2. The van der Waals surface area contributed by atoms with Crippen molar-refractivity contribution in [3.05, 3.63) is 24.3 Å². The lowest BCUT2D eigenvalue weighted by molar-refractivity contribution is -0.292. The summed E-state index contributed by atoms with van der Waals surface area (Å²) in [5, 5.41) is 10.5.